The van der Waals surface area contributed by atoms with Gasteiger partial charge in [0.25, 0.3) is 11.6 Å². The van der Waals surface area contributed by atoms with Gasteiger partial charge in [-0.15, -0.1) is 0 Å². The van der Waals surface area contributed by atoms with Gasteiger partial charge in [0.15, 0.2) is 11.5 Å². The number of rotatable bonds is 7. The minimum Gasteiger partial charge on any atom is -0.493 e. The average Bonchev–Trinajstić information content (AvgIpc) is 2.74. The van der Waals surface area contributed by atoms with Gasteiger partial charge in [-0.2, -0.15) is 0 Å². The number of benzene rings is 3. The molecular formula is C23H22N2O5. The molecule has 1 amide bonds. The Balaban J connectivity index is 1.91. The van der Waals surface area contributed by atoms with Crippen molar-refractivity contribution in [3.8, 4) is 11.5 Å². The van der Waals surface area contributed by atoms with E-state index in [0.29, 0.717) is 5.69 Å². The van der Waals surface area contributed by atoms with Crippen LogP contribution in [0.4, 0.5) is 11.4 Å². The van der Waals surface area contributed by atoms with Gasteiger partial charge in [0.1, 0.15) is 12.2 Å². The standard InChI is InChI=1S/C23H22N2O5/c1-15-9-10-19(16(2)11-15)24-23(26)18-12-21(29-3)22(13-20(18)25(27)28)30-14-17-7-5-4-6-8-17/h4-13H,14H2,1-3H3,(H,24,26). The summed E-state index contributed by atoms with van der Waals surface area (Å²) >= 11 is 0. The number of nitro benzene ring substituents is 1. The maximum atomic E-state index is 12.8. The van der Waals surface area contributed by atoms with Crippen LogP contribution in [-0.2, 0) is 6.61 Å². The molecule has 0 spiro atoms. The second-order valence-electron chi connectivity index (χ2n) is 6.82. The van der Waals surface area contributed by atoms with Crippen molar-refractivity contribution in [2.45, 2.75) is 20.5 Å². The first-order chi connectivity index (χ1) is 14.4. The number of anilines is 1. The highest BCUT2D eigenvalue weighted by Crippen LogP contribution is 2.35. The van der Waals surface area contributed by atoms with Gasteiger partial charge in [0.05, 0.1) is 18.1 Å². The molecule has 0 aliphatic carbocycles. The molecule has 0 aromatic heterocycles. The molecule has 0 saturated carbocycles. The van der Waals surface area contributed by atoms with Gasteiger partial charge in [-0.25, -0.2) is 0 Å². The van der Waals surface area contributed by atoms with Crippen LogP contribution in [0.2, 0.25) is 0 Å². The molecule has 3 rings (SSSR count). The summed E-state index contributed by atoms with van der Waals surface area (Å²) in [5.41, 5.74) is 2.94. The predicted molar refractivity (Wildman–Crippen MR) is 114 cm³/mol. The minimum atomic E-state index is -0.605. The van der Waals surface area contributed by atoms with Crippen molar-refractivity contribution < 1.29 is 19.2 Å². The summed E-state index contributed by atoms with van der Waals surface area (Å²) in [5, 5.41) is 14.4. The number of amides is 1. The predicted octanol–water partition coefficient (Wildman–Crippen LogP) is 5.05. The number of nitrogens with one attached hydrogen (secondary N) is 1. The van der Waals surface area contributed by atoms with E-state index in [0.717, 1.165) is 16.7 Å². The molecule has 0 fully saturated rings. The molecule has 30 heavy (non-hydrogen) atoms. The summed E-state index contributed by atoms with van der Waals surface area (Å²) < 4.78 is 11.1. The molecule has 0 bridgehead atoms. The molecule has 0 heterocycles. The van der Waals surface area contributed by atoms with E-state index in [1.165, 1.54) is 19.2 Å². The SMILES string of the molecule is COc1cc(C(=O)Nc2ccc(C)cc2C)c([N+](=O)[O-])cc1OCc1ccccc1. The van der Waals surface area contributed by atoms with E-state index in [-0.39, 0.29) is 29.4 Å². The Morgan fingerprint density at radius 3 is 2.40 bits per heavy atom. The van der Waals surface area contributed by atoms with Crippen LogP contribution in [0.25, 0.3) is 0 Å². The van der Waals surface area contributed by atoms with Crippen molar-refractivity contribution in [2.75, 3.05) is 12.4 Å². The topological polar surface area (TPSA) is 90.7 Å². The van der Waals surface area contributed by atoms with E-state index in [9.17, 15) is 14.9 Å². The number of methoxy groups -OCH3 is 1. The van der Waals surface area contributed by atoms with E-state index in [4.69, 9.17) is 9.47 Å². The van der Waals surface area contributed by atoms with Crippen molar-refractivity contribution >= 4 is 17.3 Å². The molecule has 154 valence electrons. The molecule has 0 atom stereocenters. The molecule has 1 N–H and O–H groups in total. The Kier molecular flexibility index (Phi) is 6.32. The molecule has 0 radical (unpaired) electrons. The van der Waals surface area contributed by atoms with E-state index in [1.54, 1.807) is 6.07 Å². The fraction of sp³-hybridized carbons (Fsp3) is 0.174. The van der Waals surface area contributed by atoms with Crippen LogP contribution in [0, 0.1) is 24.0 Å². The summed E-state index contributed by atoms with van der Waals surface area (Å²) in [4.78, 5) is 23.9. The van der Waals surface area contributed by atoms with E-state index in [2.05, 4.69) is 5.32 Å². The smallest absolute Gasteiger partial charge is 0.286 e. The second kappa shape index (κ2) is 9.09. The second-order valence-corrected chi connectivity index (χ2v) is 6.82. The third-order valence-corrected chi connectivity index (χ3v) is 4.59. The monoisotopic (exact) mass is 406 g/mol. The Hall–Kier alpha value is -3.87. The number of carbonyl (C=O) groups is 1. The van der Waals surface area contributed by atoms with Crippen molar-refractivity contribution in [1.29, 1.82) is 0 Å². The van der Waals surface area contributed by atoms with Crippen molar-refractivity contribution in [2.24, 2.45) is 0 Å². The Morgan fingerprint density at radius 1 is 1.03 bits per heavy atom. The zero-order chi connectivity index (χ0) is 21.7. The lowest BCUT2D eigenvalue weighted by Crippen LogP contribution is -2.15. The van der Waals surface area contributed by atoms with Crippen LogP contribution in [-0.4, -0.2) is 17.9 Å². The van der Waals surface area contributed by atoms with Crippen molar-refractivity contribution in [1.82, 2.24) is 0 Å². The fourth-order valence-corrected chi connectivity index (χ4v) is 3.03. The maximum absolute atomic E-state index is 12.8. The minimum absolute atomic E-state index is 0.108. The lowest BCUT2D eigenvalue weighted by molar-refractivity contribution is -0.385. The highest BCUT2D eigenvalue weighted by atomic mass is 16.6. The first-order valence-corrected chi connectivity index (χ1v) is 9.31. The Morgan fingerprint density at radius 2 is 1.77 bits per heavy atom. The largest absolute Gasteiger partial charge is 0.493 e. The van der Waals surface area contributed by atoms with Gasteiger partial charge in [-0.3, -0.25) is 14.9 Å². The number of hydrogen-bond donors (Lipinski definition) is 1. The molecular weight excluding hydrogens is 384 g/mol. The zero-order valence-electron chi connectivity index (χ0n) is 17.0. The number of nitrogens with zero attached hydrogens (tertiary/aromatic N) is 1. The van der Waals surface area contributed by atoms with Crippen LogP contribution < -0.4 is 14.8 Å². The normalized spacial score (nSPS) is 10.4. The third kappa shape index (κ3) is 4.75. The molecule has 0 aliphatic rings. The average molecular weight is 406 g/mol. The summed E-state index contributed by atoms with van der Waals surface area (Å²) in [6, 6.07) is 17.5. The molecule has 0 aliphatic heterocycles. The maximum Gasteiger partial charge on any atom is 0.286 e. The first-order valence-electron chi connectivity index (χ1n) is 9.31. The molecule has 7 heteroatoms. The lowest BCUT2D eigenvalue weighted by Gasteiger charge is -2.14. The quantitative estimate of drug-likeness (QED) is 0.438. The van der Waals surface area contributed by atoms with E-state index in [1.807, 2.05) is 56.3 Å². The highest BCUT2D eigenvalue weighted by molar-refractivity contribution is 6.08. The van der Waals surface area contributed by atoms with E-state index < -0.39 is 10.8 Å². The molecule has 3 aromatic rings. The third-order valence-electron chi connectivity index (χ3n) is 4.59. The molecule has 0 saturated heterocycles. The van der Waals surface area contributed by atoms with Crippen LogP contribution in [0.1, 0.15) is 27.0 Å². The Labute approximate surface area is 174 Å². The number of nitro groups is 1. The van der Waals surface area contributed by atoms with Gasteiger partial charge < -0.3 is 14.8 Å². The summed E-state index contributed by atoms with van der Waals surface area (Å²) in [6.45, 7) is 4.02. The Bertz CT molecular complexity index is 1080. The fourth-order valence-electron chi connectivity index (χ4n) is 3.03. The number of ether oxygens (including phenoxy) is 2. The van der Waals surface area contributed by atoms with Crippen LogP contribution in [0.5, 0.6) is 11.5 Å². The number of carbonyl (C=O) groups excluding carboxylic acids is 1. The van der Waals surface area contributed by atoms with Gasteiger partial charge in [0.2, 0.25) is 0 Å². The highest BCUT2D eigenvalue weighted by Gasteiger charge is 2.25. The number of hydrogen-bond acceptors (Lipinski definition) is 5. The lowest BCUT2D eigenvalue weighted by atomic mass is 10.1. The van der Waals surface area contributed by atoms with Crippen LogP contribution in [0.3, 0.4) is 0 Å². The van der Waals surface area contributed by atoms with Gasteiger partial charge in [0, 0.05) is 11.8 Å². The summed E-state index contributed by atoms with van der Waals surface area (Å²) in [6.07, 6.45) is 0. The van der Waals surface area contributed by atoms with Gasteiger partial charge in [-0.05, 0) is 31.0 Å². The zero-order valence-corrected chi connectivity index (χ0v) is 17.0. The van der Waals surface area contributed by atoms with Gasteiger partial charge >= 0.3 is 0 Å². The van der Waals surface area contributed by atoms with Crippen LogP contribution >= 0.6 is 0 Å². The number of aryl methyl sites for hydroxylation is 2. The van der Waals surface area contributed by atoms with Crippen molar-refractivity contribution in [3.63, 3.8) is 0 Å². The molecule has 7 nitrogen and oxygen atoms in total. The van der Waals surface area contributed by atoms with Crippen LogP contribution in [0.15, 0.2) is 60.7 Å². The summed E-state index contributed by atoms with van der Waals surface area (Å²) in [5.74, 6) is -0.167. The molecule has 3 aromatic carbocycles. The first kappa shape index (κ1) is 20.9. The van der Waals surface area contributed by atoms with Crippen molar-refractivity contribution in [3.05, 3.63) is 93.0 Å². The summed E-state index contributed by atoms with van der Waals surface area (Å²) in [7, 11) is 1.42. The van der Waals surface area contributed by atoms with E-state index >= 15 is 0 Å². The van der Waals surface area contributed by atoms with Gasteiger partial charge in [-0.1, -0.05) is 48.0 Å². The molecule has 0 unspecified atom stereocenters.